The van der Waals surface area contributed by atoms with E-state index in [-0.39, 0.29) is 17.9 Å². The number of carbonyl (C=O) groups is 3. The van der Waals surface area contributed by atoms with Gasteiger partial charge < -0.3 is 26.4 Å². The lowest BCUT2D eigenvalue weighted by atomic mass is 9.97. The number of halogens is 2. The maximum Gasteiger partial charge on any atom is 0.315 e. The van der Waals surface area contributed by atoms with E-state index in [4.69, 9.17) is 5.73 Å². The summed E-state index contributed by atoms with van der Waals surface area (Å²) in [5.41, 5.74) is 5.94. The van der Waals surface area contributed by atoms with Gasteiger partial charge in [-0.3, -0.25) is 9.59 Å². The fourth-order valence-electron chi connectivity index (χ4n) is 3.99. The first-order valence-electron chi connectivity index (χ1n) is 10.9. The largest absolute Gasteiger partial charge is 0.381 e. The number of thioether (sulfide) groups is 1. The van der Waals surface area contributed by atoms with E-state index in [9.17, 15) is 28.3 Å². The fraction of sp³-hybridized carbons (Fsp3) is 0.375. The van der Waals surface area contributed by atoms with Gasteiger partial charge in [0.15, 0.2) is 6.10 Å². The number of carbonyl (C=O) groups excluding carboxylic acids is 3. The van der Waals surface area contributed by atoms with Gasteiger partial charge in [-0.1, -0.05) is 36.4 Å². The lowest BCUT2D eigenvalue weighted by Crippen LogP contribution is -2.58. The molecule has 3 rings (SSSR count). The molecular weight excluding hydrogens is 478 g/mol. The molecule has 2 unspecified atom stereocenters. The standard InChI is InChI=1S/C24H28F2N4O4S/c1-24(2)20(21(27)32)30(13-35-24)22(33)19(31)18(11-14-7-4-3-5-8-14)29-23(34)28-12-15-16(25)9-6-10-17(15)26/h3-10,18-20,31H,11-13H2,1-2H3,(H2,27,32)(H2,28,29,34)/t18?,19?,20-/m1/s1. The first kappa shape index (κ1) is 26.4. The van der Waals surface area contributed by atoms with E-state index in [1.54, 1.807) is 44.2 Å². The van der Waals surface area contributed by atoms with Crippen LogP contribution in [0.15, 0.2) is 48.5 Å². The van der Waals surface area contributed by atoms with E-state index in [2.05, 4.69) is 10.6 Å². The van der Waals surface area contributed by atoms with Crippen LogP contribution in [-0.2, 0) is 22.6 Å². The van der Waals surface area contributed by atoms with Gasteiger partial charge >= 0.3 is 6.03 Å². The number of urea groups is 1. The van der Waals surface area contributed by atoms with Crippen LogP contribution < -0.4 is 16.4 Å². The normalized spacial score (nSPS) is 18.5. The molecule has 0 bridgehead atoms. The van der Waals surface area contributed by atoms with Crippen LogP contribution in [0.3, 0.4) is 0 Å². The number of hydrogen-bond acceptors (Lipinski definition) is 5. The van der Waals surface area contributed by atoms with Gasteiger partial charge in [0.05, 0.1) is 18.5 Å². The number of primary amides is 1. The zero-order chi connectivity index (χ0) is 25.8. The molecule has 0 aliphatic carbocycles. The summed E-state index contributed by atoms with van der Waals surface area (Å²) < 4.78 is 27.1. The van der Waals surface area contributed by atoms with Gasteiger partial charge in [0, 0.05) is 10.3 Å². The van der Waals surface area contributed by atoms with Crippen LogP contribution in [0, 0.1) is 11.6 Å². The van der Waals surface area contributed by atoms with E-state index in [0.29, 0.717) is 0 Å². The lowest BCUT2D eigenvalue weighted by Gasteiger charge is -2.32. The molecule has 188 valence electrons. The summed E-state index contributed by atoms with van der Waals surface area (Å²) in [4.78, 5) is 39.1. The number of amides is 4. The molecule has 1 heterocycles. The molecule has 8 nitrogen and oxygen atoms in total. The molecular formula is C24H28F2N4O4S. The van der Waals surface area contributed by atoms with E-state index >= 15 is 0 Å². The number of rotatable bonds is 8. The summed E-state index contributed by atoms with van der Waals surface area (Å²) >= 11 is 1.35. The molecule has 1 saturated heterocycles. The third kappa shape index (κ3) is 6.29. The maximum atomic E-state index is 13.9. The first-order chi connectivity index (χ1) is 16.5. The Morgan fingerprint density at radius 3 is 2.37 bits per heavy atom. The number of nitrogens with one attached hydrogen (secondary N) is 2. The van der Waals surface area contributed by atoms with E-state index < -0.39 is 59.0 Å². The molecule has 2 aromatic carbocycles. The number of hydrogen-bond donors (Lipinski definition) is 4. The van der Waals surface area contributed by atoms with E-state index in [1.165, 1.54) is 22.7 Å². The van der Waals surface area contributed by atoms with Gasteiger partial charge in [0.25, 0.3) is 5.91 Å². The number of aliphatic hydroxyl groups is 1. The van der Waals surface area contributed by atoms with Gasteiger partial charge in [-0.25, -0.2) is 13.6 Å². The lowest BCUT2D eigenvalue weighted by molar-refractivity contribution is -0.146. The molecule has 5 N–H and O–H groups in total. The predicted molar refractivity (Wildman–Crippen MR) is 128 cm³/mol. The highest BCUT2D eigenvalue weighted by Crippen LogP contribution is 2.39. The first-order valence-corrected chi connectivity index (χ1v) is 11.9. The average Bonchev–Trinajstić information content (AvgIpc) is 3.13. The highest BCUT2D eigenvalue weighted by atomic mass is 32.2. The molecule has 11 heteroatoms. The van der Waals surface area contributed by atoms with E-state index in [1.807, 2.05) is 0 Å². The van der Waals surface area contributed by atoms with Crippen LogP contribution in [0.4, 0.5) is 13.6 Å². The Balaban J connectivity index is 1.76. The van der Waals surface area contributed by atoms with Crippen molar-refractivity contribution in [3.05, 3.63) is 71.3 Å². The highest BCUT2D eigenvalue weighted by molar-refractivity contribution is 8.00. The second kappa shape index (κ2) is 11.0. The molecule has 1 aliphatic heterocycles. The van der Waals surface area contributed by atoms with Crippen LogP contribution in [-0.4, -0.2) is 56.7 Å². The van der Waals surface area contributed by atoms with Crippen molar-refractivity contribution in [2.24, 2.45) is 5.73 Å². The van der Waals surface area contributed by atoms with Crippen LogP contribution in [0.1, 0.15) is 25.0 Å². The molecule has 0 spiro atoms. The SMILES string of the molecule is CC1(C)SCN(C(=O)C(O)C(Cc2ccccc2)NC(=O)NCc2c(F)cccc2F)[C@@H]1C(N)=O. The molecule has 1 fully saturated rings. The van der Waals surface area contributed by atoms with Crippen LogP contribution in [0.25, 0.3) is 0 Å². The summed E-state index contributed by atoms with van der Waals surface area (Å²) in [6, 6.07) is 9.35. The van der Waals surface area contributed by atoms with Crippen molar-refractivity contribution >= 4 is 29.6 Å². The predicted octanol–water partition coefficient (Wildman–Crippen LogP) is 1.90. The van der Waals surface area contributed by atoms with Crippen molar-refractivity contribution in [2.75, 3.05) is 5.88 Å². The van der Waals surface area contributed by atoms with Crippen molar-refractivity contribution < 1.29 is 28.3 Å². The van der Waals surface area contributed by atoms with Gasteiger partial charge in [0.1, 0.15) is 17.7 Å². The molecule has 1 aliphatic rings. The zero-order valence-corrected chi connectivity index (χ0v) is 20.1. The quantitative estimate of drug-likeness (QED) is 0.435. The average molecular weight is 507 g/mol. The number of nitrogens with zero attached hydrogens (tertiary/aromatic N) is 1. The monoisotopic (exact) mass is 506 g/mol. The Kier molecular flexibility index (Phi) is 8.34. The molecule has 0 radical (unpaired) electrons. The molecule has 35 heavy (non-hydrogen) atoms. The third-order valence-electron chi connectivity index (χ3n) is 5.83. The van der Waals surface area contributed by atoms with Crippen molar-refractivity contribution in [2.45, 2.75) is 49.7 Å². The molecule has 3 atom stereocenters. The molecule has 0 aromatic heterocycles. The Morgan fingerprint density at radius 1 is 1.14 bits per heavy atom. The Hall–Kier alpha value is -3.18. The second-order valence-electron chi connectivity index (χ2n) is 8.76. The Labute approximate surface area is 206 Å². The summed E-state index contributed by atoms with van der Waals surface area (Å²) in [6.45, 7) is 3.12. The van der Waals surface area contributed by atoms with Gasteiger partial charge in [-0.2, -0.15) is 0 Å². The minimum atomic E-state index is -1.71. The summed E-state index contributed by atoms with van der Waals surface area (Å²) in [5.74, 6) is -2.93. The van der Waals surface area contributed by atoms with Crippen LogP contribution in [0.2, 0.25) is 0 Å². The Morgan fingerprint density at radius 2 is 1.77 bits per heavy atom. The van der Waals surface area contributed by atoms with Gasteiger partial charge in [0.2, 0.25) is 5.91 Å². The fourth-order valence-corrected chi connectivity index (χ4v) is 5.14. The minimum absolute atomic E-state index is 0.0842. The molecule has 4 amide bonds. The van der Waals surface area contributed by atoms with E-state index in [0.717, 1.165) is 17.7 Å². The minimum Gasteiger partial charge on any atom is -0.381 e. The number of benzene rings is 2. The second-order valence-corrected chi connectivity index (χ2v) is 10.4. The summed E-state index contributed by atoms with van der Waals surface area (Å²) in [6.07, 6.45) is -1.62. The number of aliphatic hydroxyl groups excluding tert-OH is 1. The third-order valence-corrected chi connectivity index (χ3v) is 7.21. The van der Waals surface area contributed by atoms with Crippen molar-refractivity contribution in [3.8, 4) is 0 Å². The zero-order valence-electron chi connectivity index (χ0n) is 19.3. The number of nitrogens with two attached hydrogens (primary N) is 1. The van der Waals surface area contributed by atoms with Crippen molar-refractivity contribution in [1.82, 2.24) is 15.5 Å². The van der Waals surface area contributed by atoms with Crippen molar-refractivity contribution in [1.29, 1.82) is 0 Å². The van der Waals surface area contributed by atoms with Crippen LogP contribution >= 0.6 is 11.8 Å². The van der Waals surface area contributed by atoms with Gasteiger partial charge in [-0.05, 0) is 38.0 Å². The van der Waals surface area contributed by atoms with Gasteiger partial charge in [-0.15, -0.1) is 11.8 Å². The Bertz CT molecular complexity index is 1070. The summed E-state index contributed by atoms with van der Waals surface area (Å²) in [5, 5.41) is 15.9. The smallest absolute Gasteiger partial charge is 0.315 e. The topological polar surface area (TPSA) is 125 Å². The molecule has 2 aromatic rings. The highest BCUT2D eigenvalue weighted by Gasteiger charge is 2.49. The maximum absolute atomic E-state index is 13.9. The summed E-state index contributed by atoms with van der Waals surface area (Å²) in [7, 11) is 0. The van der Waals surface area contributed by atoms with Crippen LogP contribution in [0.5, 0.6) is 0 Å². The van der Waals surface area contributed by atoms with Crippen molar-refractivity contribution in [3.63, 3.8) is 0 Å². The molecule has 0 saturated carbocycles.